The Hall–Kier alpha value is -3.14. The van der Waals surface area contributed by atoms with Crippen molar-refractivity contribution in [1.29, 1.82) is 0 Å². The molecule has 0 fully saturated rings. The molecule has 1 heterocycles. The van der Waals surface area contributed by atoms with Crippen LogP contribution in [-0.4, -0.2) is 46.5 Å². The van der Waals surface area contributed by atoms with Gasteiger partial charge in [0.25, 0.3) is 0 Å². The molecule has 1 aromatic heterocycles. The lowest BCUT2D eigenvalue weighted by molar-refractivity contribution is -0.160. The van der Waals surface area contributed by atoms with Crippen LogP contribution in [0.5, 0.6) is 0 Å². The van der Waals surface area contributed by atoms with Gasteiger partial charge in [0.1, 0.15) is 5.84 Å². The summed E-state index contributed by atoms with van der Waals surface area (Å²) in [6, 6.07) is 14.9. The molecule has 0 saturated carbocycles. The Morgan fingerprint density at radius 1 is 1.00 bits per heavy atom. The SMILES string of the molecule is C.C/C(N)=N/O.COOSc1ccc(CC(=O)O)cc1.COOSc1ccc(Cc2nc(C)no2)cc1. The lowest BCUT2D eigenvalue weighted by Gasteiger charge is -2.00. The molecule has 3 aromatic rings. The zero-order chi connectivity index (χ0) is 26.8. The van der Waals surface area contributed by atoms with Crippen LogP contribution >= 0.6 is 24.1 Å². The van der Waals surface area contributed by atoms with Gasteiger partial charge in [-0.15, -0.1) is 0 Å². The molecule has 37 heavy (non-hydrogen) atoms. The topological polar surface area (TPSA) is 172 Å². The average Bonchev–Trinajstić information content (AvgIpc) is 3.28. The minimum atomic E-state index is -0.835. The lowest BCUT2D eigenvalue weighted by Crippen LogP contribution is -2.03. The standard InChI is InChI=1S/C11H12N2O3S.C9H10O4S.C2H6N2O.CH4/c1-8-12-11(15-13-8)7-9-3-5-10(6-4-9)17-16-14-2;1-12-13-14-8-4-2-7(3-5-8)6-9(10)11;1-2(3)4-5;/h3-6H,7H2,1-2H3;2-5H,6H2,1H3,(H,10,11);5H,1H3,(H2,3,4);1H4. The maximum atomic E-state index is 10.4. The van der Waals surface area contributed by atoms with Crippen LogP contribution in [0.15, 0.2) is 68.0 Å². The lowest BCUT2D eigenvalue weighted by atomic mass is 10.1. The van der Waals surface area contributed by atoms with E-state index in [2.05, 4.69) is 29.4 Å². The van der Waals surface area contributed by atoms with Gasteiger partial charge in [-0.05, 0) is 49.2 Å². The van der Waals surface area contributed by atoms with Crippen molar-refractivity contribution in [2.75, 3.05) is 14.2 Å². The normalized spacial score (nSPS) is 10.3. The Labute approximate surface area is 224 Å². The quantitative estimate of drug-likeness (QED) is 0.0774. The number of carboxylic acids is 1. The third-order valence-electron chi connectivity index (χ3n) is 3.68. The van der Waals surface area contributed by atoms with Crippen molar-refractivity contribution in [3.8, 4) is 0 Å². The fourth-order valence-corrected chi connectivity index (χ4v) is 3.02. The fourth-order valence-electron chi connectivity index (χ4n) is 2.23. The zero-order valence-electron chi connectivity index (χ0n) is 20.1. The number of rotatable bonds is 10. The van der Waals surface area contributed by atoms with Crippen LogP contribution in [0.4, 0.5) is 0 Å². The molecular formula is C23H32N4O8S2. The van der Waals surface area contributed by atoms with Gasteiger partial charge in [0, 0.05) is 9.79 Å². The first-order valence-corrected chi connectivity index (χ1v) is 11.6. The van der Waals surface area contributed by atoms with Crippen LogP contribution in [0, 0.1) is 6.92 Å². The first-order valence-electron chi connectivity index (χ1n) is 10.1. The van der Waals surface area contributed by atoms with E-state index >= 15 is 0 Å². The second kappa shape index (κ2) is 20.0. The van der Waals surface area contributed by atoms with Crippen LogP contribution in [0.1, 0.15) is 37.2 Å². The molecule has 0 spiro atoms. The van der Waals surface area contributed by atoms with E-state index in [-0.39, 0.29) is 19.7 Å². The van der Waals surface area contributed by atoms with Gasteiger partial charge < -0.3 is 20.6 Å². The number of aryl methyl sites for hydroxylation is 1. The Morgan fingerprint density at radius 3 is 1.81 bits per heavy atom. The van der Waals surface area contributed by atoms with Crippen LogP contribution in [0.25, 0.3) is 0 Å². The van der Waals surface area contributed by atoms with Crippen LogP contribution in [-0.2, 0) is 36.1 Å². The highest BCUT2D eigenvalue weighted by Crippen LogP contribution is 2.20. The van der Waals surface area contributed by atoms with Gasteiger partial charge in [-0.2, -0.15) is 13.7 Å². The zero-order valence-corrected chi connectivity index (χ0v) is 21.7. The molecule has 3 rings (SSSR count). The summed E-state index contributed by atoms with van der Waals surface area (Å²) < 4.78 is 14.5. The van der Waals surface area contributed by atoms with Gasteiger partial charge in [-0.1, -0.05) is 42.0 Å². The van der Waals surface area contributed by atoms with E-state index in [1.54, 1.807) is 31.2 Å². The molecule has 14 heteroatoms. The summed E-state index contributed by atoms with van der Waals surface area (Å²) in [6.45, 7) is 3.30. The van der Waals surface area contributed by atoms with Gasteiger partial charge in [0.2, 0.25) is 5.89 Å². The Bertz CT molecular complexity index is 1040. The first-order chi connectivity index (χ1) is 17.3. The molecule has 0 saturated heterocycles. The number of aromatic nitrogens is 2. The number of nitrogens with zero attached hydrogens (tertiary/aromatic N) is 3. The van der Waals surface area contributed by atoms with Gasteiger partial charge in [-0.3, -0.25) is 4.79 Å². The molecule has 204 valence electrons. The number of carboxylic acid groups (broad SMARTS) is 1. The molecular weight excluding hydrogens is 524 g/mol. The average molecular weight is 557 g/mol. The molecule has 0 unspecified atom stereocenters. The number of amidine groups is 1. The van der Waals surface area contributed by atoms with Crippen molar-refractivity contribution in [3.05, 3.63) is 71.4 Å². The number of oxime groups is 1. The molecule has 0 radical (unpaired) electrons. The van der Waals surface area contributed by atoms with E-state index in [0.717, 1.165) is 33.0 Å². The largest absolute Gasteiger partial charge is 0.481 e. The highest BCUT2D eigenvalue weighted by molar-refractivity contribution is 7.94. The summed E-state index contributed by atoms with van der Waals surface area (Å²) in [4.78, 5) is 25.3. The third kappa shape index (κ3) is 16.3. The number of benzene rings is 2. The number of aliphatic carboxylic acids is 1. The van der Waals surface area contributed by atoms with Crippen LogP contribution in [0.3, 0.4) is 0 Å². The first kappa shape index (κ1) is 33.9. The van der Waals surface area contributed by atoms with Crippen molar-refractivity contribution in [3.63, 3.8) is 0 Å². The number of hydrogen-bond donors (Lipinski definition) is 3. The smallest absolute Gasteiger partial charge is 0.307 e. The van der Waals surface area contributed by atoms with E-state index in [1.165, 1.54) is 33.2 Å². The van der Waals surface area contributed by atoms with Crippen molar-refractivity contribution in [2.45, 2.75) is 43.9 Å². The fraction of sp³-hybridized carbons (Fsp3) is 0.304. The van der Waals surface area contributed by atoms with Crippen molar-refractivity contribution < 1.29 is 38.1 Å². The second-order valence-electron chi connectivity index (χ2n) is 6.65. The van der Waals surface area contributed by atoms with Crippen molar-refractivity contribution in [1.82, 2.24) is 10.1 Å². The van der Waals surface area contributed by atoms with E-state index in [0.29, 0.717) is 18.1 Å². The highest BCUT2D eigenvalue weighted by atomic mass is 32.2. The monoisotopic (exact) mass is 556 g/mol. The highest BCUT2D eigenvalue weighted by Gasteiger charge is 2.04. The molecule has 0 aliphatic rings. The molecule has 0 aliphatic heterocycles. The van der Waals surface area contributed by atoms with Crippen molar-refractivity contribution >= 4 is 35.9 Å². The molecule has 0 amide bonds. The summed E-state index contributed by atoms with van der Waals surface area (Å²) in [5.74, 6) is 0.625. The summed E-state index contributed by atoms with van der Waals surface area (Å²) in [7, 11) is 2.89. The maximum absolute atomic E-state index is 10.4. The Kier molecular flexibility index (Phi) is 18.3. The Balaban J connectivity index is 0.000000588. The molecule has 0 atom stereocenters. The van der Waals surface area contributed by atoms with Crippen LogP contribution in [0.2, 0.25) is 0 Å². The van der Waals surface area contributed by atoms with Gasteiger partial charge >= 0.3 is 5.97 Å². The van der Waals surface area contributed by atoms with E-state index in [4.69, 9.17) is 24.9 Å². The molecule has 4 N–H and O–H groups in total. The minimum absolute atomic E-state index is 0. The molecule has 2 aromatic carbocycles. The van der Waals surface area contributed by atoms with E-state index in [1.807, 2.05) is 24.3 Å². The summed E-state index contributed by atoms with van der Waals surface area (Å²) in [6.07, 6.45) is 0.674. The summed E-state index contributed by atoms with van der Waals surface area (Å²) >= 11 is 2.24. The number of nitrogens with two attached hydrogens (primary N) is 1. The second-order valence-corrected chi connectivity index (χ2v) is 8.20. The van der Waals surface area contributed by atoms with Gasteiger partial charge in [0.05, 0.1) is 51.1 Å². The van der Waals surface area contributed by atoms with Gasteiger partial charge in [0.15, 0.2) is 5.82 Å². The third-order valence-corrected chi connectivity index (χ3v) is 5.02. The molecule has 12 nitrogen and oxygen atoms in total. The number of hydrogen-bond acceptors (Lipinski definition) is 12. The maximum Gasteiger partial charge on any atom is 0.307 e. The Morgan fingerprint density at radius 2 is 1.46 bits per heavy atom. The van der Waals surface area contributed by atoms with E-state index < -0.39 is 5.97 Å². The summed E-state index contributed by atoms with van der Waals surface area (Å²) in [5, 5.41) is 22.5. The summed E-state index contributed by atoms with van der Waals surface area (Å²) in [5.41, 5.74) is 6.66. The van der Waals surface area contributed by atoms with Crippen molar-refractivity contribution in [2.24, 2.45) is 10.9 Å². The van der Waals surface area contributed by atoms with E-state index in [9.17, 15) is 4.79 Å². The molecule has 0 aliphatic carbocycles. The molecule has 0 bridgehead atoms. The van der Waals surface area contributed by atoms with Crippen LogP contribution < -0.4 is 5.73 Å². The predicted octanol–water partition coefficient (Wildman–Crippen LogP) is 4.84. The minimum Gasteiger partial charge on any atom is -0.481 e. The van der Waals surface area contributed by atoms with Gasteiger partial charge in [-0.25, -0.2) is 9.78 Å². The predicted molar refractivity (Wildman–Crippen MR) is 140 cm³/mol. The number of carbonyl (C=O) groups is 1.